The zero-order valence-electron chi connectivity index (χ0n) is 12.6. The van der Waals surface area contributed by atoms with E-state index >= 15 is 0 Å². The first-order valence-corrected chi connectivity index (χ1v) is 6.80. The van der Waals surface area contributed by atoms with Crippen molar-refractivity contribution in [3.05, 3.63) is 29.8 Å². The highest BCUT2D eigenvalue weighted by Crippen LogP contribution is 2.13. The number of carboxylic acid groups (broad SMARTS) is 1. The third-order valence-electron chi connectivity index (χ3n) is 3.10. The third kappa shape index (κ3) is 5.43. The lowest BCUT2D eigenvalue weighted by Gasteiger charge is -2.19. The van der Waals surface area contributed by atoms with Crippen LogP contribution in [0.5, 0.6) is 5.75 Å². The second-order valence-electron chi connectivity index (χ2n) is 5.00. The van der Waals surface area contributed by atoms with E-state index in [2.05, 4.69) is 0 Å². The van der Waals surface area contributed by atoms with Crippen molar-refractivity contribution >= 4 is 17.8 Å². The topological polar surface area (TPSA) is 110 Å². The summed E-state index contributed by atoms with van der Waals surface area (Å²) < 4.78 is 5.40. The van der Waals surface area contributed by atoms with E-state index < -0.39 is 17.8 Å². The van der Waals surface area contributed by atoms with Crippen molar-refractivity contribution in [1.29, 1.82) is 0 Å². The van der Waals surface area contributed by atoms with Crippen LogP contribution in [0.4, 0.5) is 0 Å². The minimum atomic E-state index is -0.945. The molecule has 0 saturated heterocycles. The second-order valence-corrected chi connectivity index (χ2v) is 5.00. The maximum atomic E-state index is 11.8. The van der Waals surface area contributed by atoms with Gasteiger partial charge in [-0.25, -0.2) is 0 Å². The van der Waals surface area contributed by atoms with Crippen LogP contribution in [0.25, 0.3) is 0 Å². The lowest BCUT2D eigenvalue weighted by molar-refractivity contribution is -0.142. The number of hydrogen-bond acceptors (Lipinski definition) is 4. The van der Waals surface area contributed by atoms with Crippen LogP contribution in [0, 0.1) is 5.92 Å². The van der Waals surface area contributed by atoms with Gasteiger partial charge in [0.25, 0.3) is 0 Å². The van der Waals surface area contributed by atoms with Crippen LogP contribution in [0.2, 0.25) is 0 Å². The van der Waals surface area contributed by atoms with Crippen molar-refractivity contribution in [3.8, 4) is 5.75 Å². The maximum absolute atomic E-state index is 11.8. The summed E-state index contributed by atoms with van der Waals surface area (Å²) in [5.41, 5.74) is 5.50. The number of ether oxygens (including phenoxy) is 1. The number of carbonyl (C=O) groups is 3. The quantitative estimate of drug-likeness (QED) is 0.735. The standard InChI is InChI=1S/C15H20N2O5/c1-10(15(20)21)9-17(2)13(18)6-7-22-12-5-3-4-11(8-12)14(16)19/h3-5,8,10H,6-7,9H2,1-2H3,(H2,16,19)(H,20,21). The summed E-state index contributed by atoms with van der Waals surface area (Å²) >= 11 is 0. The summed E-state index contributed by atoms with van der Waals surface area (Å²) in [6.07, 6.45) is 0.115. The van der Waals surface area contributed by atoms with Gasteiger partial charge in [0.1, 0.15) is 5.75 Å². The molecule has 7 nitrogen and oxygen atoms in total. The summed E-state index contributed by atoms with van der Waals surface area (Å²) in [6.45, 7) is 1.82. The molecule has 0 aliphatic heterocycles. The number of rotatable bonds is 8. The van der Waals surface area contributed by atoms with Crippen molar-refractivity contribution in [1.82, 2.24) is 4.90 Å². The number of nitrogens with two attached hydrogens (primary N) is 1. The van der Waals surface area contributed by atoms with E-state index in [1.165, 1.54) is 17.9 Å². The highest BCUT2D eigenvalue weighted by atomic mass is 16.5. The number of carbonyl (C=O) groups excluding carboxylic acids is 2. The van der Waals surface area contributed by atoms with Gasteiger partial charge in [-0.05, 0) is 18.2 Å². The molecule has 0 heterocycles. The molecule has 0 fully saturated rings. The summed E-state index contributed by atoms with van der Waals surface area (Å²) in [5.74, 6) is -1.88. The van der Waals surface area contributed by atoms with Crippen LogP contribution in [-0.2, 0) is 9.59 Å². The van der Waals surface area contributed by atoms with E-state index in [0.717, 1.165) is 0 Å². The van der Waals surface area contributed by atoms with E-state index in [1.54, 1.807) is 25.2 Å². The van der Waals surface area contributed by atoms with Gasteiger partial charge in [-0.1, -0.05) is 13.0 Å². The lowest BCUT2D eigenvalue weighted by Crippen LogP contribution is -2.34. The molecule has 2 amide bonds. The first-order valence-electron chi connectivity index (χ1n) is 6.80. The minimum Gasteiger partial charge on any atom is -0.493 e. The van der Waals surface area contributed by atoms with Gasteiger partial charge in [-0.15, -0.1) is 0 Å². The Balaban J connectivity index is 2.43. The lowest BCUT2D eigenvalue weighted by atomic mass is 10.2. The largest absolute Gasteiger partial charge is 0.493 e. The van der Waals surface area contributed by atoms with Gasteiger partial charge >= 0.3 is 5.97 Å². The number of aliphatic carboxylic acids is 1. The average molecular weight is 308 g/mol. The van der Waals surface area contributed by atoms with Gasteiger partial charge in [0.2, 0.25) is 11.8 Å². The number of amides is 2. The zero-order valence-corrected chi connectivity index (χ0v) is 12.6. The third-order valence-corrected chi connectivity index (χ3v) is 3.10. The molecule has 1 unspecified atom stereocenters. The predicted octanol–water partition coefficient (Wildman–Crippen LogP) is 0.734. The van der Waals surface area contributed by atoms with E-state index in [0.29, 0.717) is 11.3 Å². The smallest absolute Gasteiger partial charge is 0.308 e. The Morgan fingerprint density at radius 1 is 1.36 bits per heavy atom. The summed E-state index contributed by atoms with van der Waals surface area (Å²) in [4.78, 5) is 35.0. The molecule has 1 aromatic rings. The Kier molecular flexibility index (Phi) is 6.37. The first-order chi connectivity index (χ1) is 10.3. The van der Waals surface area contributed by atoms with Crippen molar-refractivity contribution in [2.75, 3.05) is 20.2 Å². The van der Waals surface area contributed by atoms with Crippen LogP contribution in [0.3, 0.4) is 0 Å². The number of hydrogen-bond donors (Lipinski definition) is 2. The highest BCUT2D eigenvalue weighted by Gasteiger charge is 2.17. The molecule has 0 radical (unpaired) electrons. The summed E-state index contributed by atoms with van der Waals surface area (Å²) in [7, 11) is 1.55. The van der Waals surface area contributed by atoms with Gasteiger partial charge in [-0.3, -0.25) is 14.4 Å². The number of carboxylic acids is 1. The molecule has 1 aromatic carbocycles. The fraction of sp³-hybridized carbons (Fsp3) is 0.400. The van der Waals surface area contributed by atoms with Crippen LogP contribution >= 0.6 is 0 Å². The van der Waals surface area contributed by atoms with E-state index in [1.807, 2.05) is 0 Å². The molecule has 7 heteroatoms. The monoisotopic (exact) mass is 308 g/mol. The maximum Gasteiger partial charge on any atom is 0.308 e. The molecule has 1 rings (SSSR count). The molecule has 0 aromatic heterocycles. The van der Waals surface area contributed by atoms with Gasteiger partial charge in [0.15, 0.2) is 0 Å². The molecule has 120 valence electrons. The Hall–Kier alpha value is -2.57. The van der Waals surface area contributed by atoms with E-state index in [9.17, 15) is 14.4 Å². The number of benzene rings is 1. The van der Waals surface area contributed by atoms with E-state index in [4.69, 9.17) is 15.6 Å². The molecule has 3 N–H and O–H groups in total. The summed E-state index contributed by atoms with van der Waals surface area (Å²) in [5, 5.41) is 8.81. The number of primary amides is 1. The zero-order chi connectivity index (χ0) is 16.7. The second kappa shape index (κ2) is 8.02. The normalized spacial score (nSPS) is 11.5. The Morgan fingerprint density at radius 3 is 2.64 bits per heavy atom. The van der Waals surface area contributed by atoms with Gasteiger partial charge in [0.05, 0.1) is 18.9 Å². The van der Waals surface area contributed by atoms with E-state index in [-0.39, 0.29) is 25.5 Å². The SMILES string of the molecule is CC(CN(C)C(=O)CCOc1cccc(C(N)=O)c1)C(=O)O. The molecule has 0 aliphatic rings. The first kappa shape index (κ1) is 17.5. The van der Waals surface area contributed by atoms with Crippen molar-refractivity contribution < 1.29 is 24.2 Å². The molecular formula is C15H20N2O5. The molecule has 1 atom stereocenters. The van der Waals surface area contributed by atoms with Crippen LogP contribution in [-0.4, -0.2) is 48.0 Å². The van der Waals surface area contributed by atoms with Gasteiger partial charge in [0, 0.05) is 19.2 Å². The van der Waals surface area contributed by atoms with Crippen molar-refractivity contribution in [2.45, 2.75) is 13.3 Å². The molecule has 22 heavy (non-hydrogen) atoms. The van der Waals surface area contributed by atoms with Gasteiger partial charge < -0.3 is 20.5 Å². The minimum absolute atomic E-state index is 0.115. The van der Waals surface area contributed by atoms with Crippen molar-refractivity contribution in [2.24, 2.45) is 11.7 Å². The molecule has 0 bridgehead atoms. The van der Waals surface area contributed by atoms with Gasteiger partial charge in [-0.2, -0.15) is 0 Å². The van der Waals surface area contributed by atoms with Crippen molar-refractivity contribution in [3.63, 3.8) is 0 Å². The Morgan fingerprint density at radius 2 is 2.05 bits per heavy atom. The molecular weight excluding hydrogens is 288 g/mol. The molecule has 0 spiro atoms. The molecule has 0 saturated carbocycles. The number of nitrogens with zero attached hydrogens (tertiary/aromatic N) is 1. The average Bonchev–Trinajstić information content (AvgIpc) is 2.47. The van der Waals surface area contributed by atoms with Crippen LogP contribution in [0.1, 0.15) is 23.7 Å². The summed E-state index contributed by atoms with van der Waals surface area (Å²) in [6, 6.07) is 6.37. The van der Waals surface area contributed by atoms with Crippen LogP contribution in [0.15, 0.2) is 24.3 Å². The fourth-order valence-corrected chi connectivity index (χ4v) is 1.78. The predicted molar refractivity (Wildman–Crippen MR) is 79.5 cm³/mol. The Labute approximate surface area is 128 Å². The van der Waals surface area contributed by atoms with Crippen LogP contribution < -0.4 is 10.5 Å². The Bertz CT molecular complexity index is 559. The highest BCUT2D eigenvalue weighted by molar-refractivity contribution is 5.93. The fourth-order valence-electron chi connectivity index (χ4n) is 1.78. The molecule has 0 aliphatic carbocycles.